The first-order valence-corrected chi connectivity index (χ1v) is 8.72. The fourth-order valence-corrected chi connectivity index (χ4v) is 3.76. The van der Waals surface area contributed by atoms with Gasteiger partial charge in [0.1, 0.15) is 0 Å². The fourth-order valence-electron chi connectivity index (χ4n) is 3.76. The molecule has 2 aliphatic carbocycles. The van der Waals surface area contributed by atoms with Crippen LogP contribution in [0.5, 0.6) is 0 Å². The van der Waals surface area contributed by atoms with E-state index in [2.05, 4.69) is 17.3 Å². The van der Waals surface area contributed by atoms with Crippen molar-refractivity contribution >= 4 is 5.91 Å². The standard InChI is InChI=1S/C17H32N2O/c1-19(16-11-7-2-3-8-12-16)14-17(20)18-13-15-9-5-4-6-10-15/h15-16H,2-14H2,1H3,(H,18,20). The van der Waals surface area contributed by atoms with Gasteiger partial charge in [0, 0.05) is 12.6 Å². The van der Waals surface area contributed by atoms with Gasteiger partial charge in [-0.25, -0.2) is 0 Å². The highest BCUT2D eigenvalue weighted by atomic mass is 16.2. The van der Waals surface area contributed by atoms with Gasteiger partial charge in [0.2, 0.25) is 5.91 Å². The Morgan fingerprint density at radius 2 is 1.50 bits per heavy atom. The Bertz CT molecular complexity index is 279. The number of amides is 1. The minimum Gasteiger partial charge on any atom is -0.355 e. The van der Waals surface area contributed by atoms with E-state index in [1.54, 1.807) is 0 Å². The van der Waals surface area contributed by atoms with Crippen molar-refractivity contribution in [3.05, 3.63) is 0 Å². The molecule has 0 atom stereocenters. The highest BCUT2D eigenvalue weighted by molar-refractivity contribution is 5.78. The summed E-state index contributed by atoms with van der Waals surface area (Å²) in [6, 6.07) is 0.623. The Labute approximate surface area is 124 Å². The van der Waals surface area contributed by atoms with Crippen molar-refractivity contribution in [1.29, 1.82) is 0 Å². The summed E-state index contributed by atoms with van der Waals surface area (Å²) in [6.07, 6.45) is 14.6. The maximum absolute atomic E-state index is 12.1. The Hall–Kier alpha value is -0.570. The van der Waals surface area contributed by atoms with Crippen molar-refractivity contribution in [2.45, 2.75) is 76.7 Å². The summed E-state index contributed by atoms with van der Waals surface area (Å²) in [6.45, 7) is 1.48. The number of nitrogens with one attached hydrogen (secondary N) is 1. The van der Waals surface area contributed by atoms with Crippen LogP contribution in [0.2, 0.25) is 0 Å². The number of rotatable bonds is 5. The van der Waals surface area contributed by atoms with Crippen LogP contribution < -0.4 is 5.32 Å². The second kappa shape index (κ2) is 8.66. The monoisotopic (exact) mass is 280 g/mol. The van der Waals surface area contributed by atoms with E-state index in [1.165, 1.54) is 70.6 Å². The molecule has 0 saturated heterocycles. The predicted octanol–water partition coefficient (Wildman–Crippen LogP) is 3.34. The predicted molar refractivity (Wildman–Crippen MR) is 83.7 cm³/mol. The van der Waals surface area contributed by atoms with Gasteiger partial charge >= 0.3 is 0 Å². The van der Waals surface area contributed by atoms with Gasteiger partial charge in [-0.1, -0.05) is 44.9 Å². The van der Waals surface area contributed by atoms with Crippen molar-refractivity contribution in [3.63, 3.8) is 0 Å². The third kappa shape index (κ3) is 5.43. The smallest absolute Gasteiger partial charge is 0.234 e. The lowest BCUT2D eigenvalue weighted by atomic mass is 9.89. The molecule has 2 rings (SSSR count). The summed E-state index contributed by atoms with van der Waals surface area (Å²) >= 11 is 0. The molecule has 0 spiro atoms. The fraction of sp³-hybridized carbons (Fsp3) is 0.941. The number of carbonyl (C=O) groups is 1. The Morgan fingerprint density at radius 1 is 0.950 bits per heavy atom. The first kappa shape index (κ1) is 15.8. The van der Waals surface area contributed by atoms with Crippen molar-refractivity contribution in [2.24, 2.45) is 5.92 Å². The number of hydrogen-bond acceptors (Lipinski definition) is 2. The van der Waals surface area contributed by atoms with E-state index in [1.807, 2.05) is 0 Å². The maximum Gasteiger partial charge on any atom is 0.234 e. The molecule has 20 heavy (non-hydrogen) atoms. The van der Waals surface area contributed by atoms with E-state index in [4.69, 9.17) is 0 Å². The van der Waals surface area contributed by atoms with E-state index in [9.17, 15) is 4.79 Å². The van der Waals surface area contributed by atoms with Gasteiger partial charge in [-0.15, -0.1) is 0 Å². The van der Waals surface area contributed by atoms with E-state index >= 15 is 0 Å². The minimum atomic E-state index is 0.224. The zero-order valence-electron chi connectivity index (χ0n) is 13.2. The third-order valence-corrected chi connectivity index (χ3v) is 5.15. The van der Waals surface area contributed by atoms with Crippen LogP contribution in [-0.2, 0) is 4.79 Å². The summed E-state index contributed by atoms with van der Waals surface area (Å²) in [5.74, 6) is 0.957. The van der Waals surface area contributed by atoms with Crippen LogP contribution >= 0.6 is 0 Å². The summed E-state index contributed by atoms with van der Waals surface area (Å²) in [5.41, 5.74) is 0. The second-order valence-electron chi connectivity index (χ2n) is 6.87. The molecule has 0 aromatic carbocycles. The van der Waals surface area contributed by atoms with Crippen molar-refractivity contribution in [3.8, 4) is 0 Å². The largest absolute Gasteiger partial charge is 0.355 e. The molecule has 0 aromatic rings. The first-order chi connectivity index (χ1) is 9.75. The van der Waals surface area contributed by atoms with Gasteiger partial charge < -0.3 is 5.32 Å². The van der Waals surface area contributed by atoms with Crippen molar-refractivity contribution < 1.29 is 4.79 Å². The highest BCUT2D eigenvalue weighted by Crippen LogP contribution is 2.23. The normalized spacial score (nSPS) is 22.7. The molecule has 3 nitrogen and oxygen atoms in total. The van der Waals surface area contributed by atoms with Crippen LogP contribution in [0.4, 0.5) is 0 Å². The summed E-state index contributed by atoms with van der Waals surface area (Å²) in [4.78, 5) is 14.4. The van der Waals surface area contributed by atoms with Gasteiger partial charge in [0.15, 0.2) is 0 Å². The topological polar surface area (TPSA) is 32.3 Å². The molecule has 1 N–H and O–H groups in total. The average Bonchev–Trinajstić information content (AvgIpc) is 2.75. The Morgan fingerprint density at radius 3 is 2.15 bits per heavy atom. The van der Waals surface area contributed by atoms with Crippen LogP contribution in [0.3, 0.4) is 0 Å². The molecule has 0 heterocycles. The molecule has 116 valence electrons. The lowest BCUT2D eigenvalue weighted by Crippen LogP contribution is -2.41. The number of likely N-dealkylation sites (N-methyl/N-ethyl adjacent to an activating group) is 1. The van der Waals surface area contributed by atoms with Gasteiger partial charge in [0.05, 0.1) is 6.54 Å². The SMILES string of the molecule is CN(CC(=O)NCC1CCCCC1)C1CCCCCC1. The van der Waals surface area contributed by atoms with Gasteiger partial charge in [-0.3, -0.25) is 9.69 Å². The maximum atomic E-state index is 12.1. The average molecular weight is 280 g/mol. The summed E-state index contributed by atoms with van der Waals surface area (Å²) in [7, 11) is 2.12. The van der Waals surface area contributed by atoms with E-state index < -0.39 is 0 Å². The lowest BCUT2D eigenvalue weighted by molar-refractivity contribution is -0.122. The van der Waals surface area contributed by atoms with Gasteiger partial charge in [0.25, 0.3) is 0 Å². The molecule has 0 aliphatic heterocycles. The third-order valence-electron chi connectivity index (χ3n) is 5.15. The molecule has 2 fully saturated rings. The van der Waals surface area contributed by atoms with Crippen LogP contribution in [-0.4, -0.2) is 37.0 Å². The molecule has 0 bridgehead atoms. The molecular formula is C17H32N2O. The number of hydrogen-bond donors (Lipinski definition) is 1. The Balaban J connectivity index is 1.64. The van der Waals surface area contributed by atoms with Crippen molar-refractivity contribution in [1.82, 2.24) is 10.2 Å². The molecule has 1 amide bonds. The van der Waals surface area contributed by atoms with Crippen molar-refractivity contribution in [2.75, 3.05) is 20.1 Å². The zero-order valence-corrected chi connectivity index (χ0v) is 13.2. The summed E-state index contributed by atoms with van der Waals surface area (Å²) < 4.78 is 0. The molecular weight excluding hydrogens is 248 g/mol. The quantitative estimate of drug-likeness (QED) is 0.783. The second-order valence-corrected chi connectivity index (χ2v) is 6.87. The van der Waals surface area contributed by atoms with E-state index in [0.717, 1.165) is 12.5 Å². The molecule has 0 unspecified atom stereocenters. The van der Waals surface area contributed by atoms with Gasteiger partial charge in [-0.2, -0.15) is 0 Å². The number of nitrogens with zero attached hydrogens (tertiary/aromatic N) is 1. The lowest BCUT2D eigenvalue weighted by Gasteiger charge is -2.27. The molecule has 2 saturated carbocycles. The highest BCUT2D eigenvalue weighted by Gasteiger charge is 2.19. The van der Waals surface area contributed by atoms with Crippen LogP contribution in [0.1, 0.15) is 70.6 Å². The van der Waals surface area contributed by atoms with Crippen LogP contribution in [0.25, 0.3) is 0 Å². The molecule has 3 heteroatoms. The van der Waals surface area contributed by atoms with E-state index in [0.29, 0.717) is 12.6 Å². The summed E-state index contributed by atoms with van der Waals surface area (Å²) in [5, 5.41) is 3.16. The molecule has 0 radical (unpaired) electrons. The molecule has 2 aliphatic rings. The zero-order chi connectivity index (χ0) is 14.2. The number of carbonyl (C=O) groups excluding carboxylic acids is 1. The van der Waals surface area contributed by atoms with Gasteiger partial charge in [-0.05, 0) is 38.6 Å². The Kier molecular flexibility index (Phi) is 6.85. The molecule has 0 aromatic heterocycles. The minimum absolute atomic E-state index is 0.224. The van der Waals surface area contributed by atoms with E-state index in [-0.39, 0.29) is 5.91 Å². The van der Waals surface area contributed by atoms with Crippen LogP contribution in [0.15, 0.2) is 0 Å². The van der Waals surface area contributed by atoms with Crippen LogP contribution in [0, 0.1) is 5.92 Å². The first-order valence-electron chi connectivity index (χ1n) is 8.72.